The molecule has 4 heteroatoms. The van der Waals surface area contributed by atoms with Crippen LogP contribution in [0.1, 0.15) is 46.5 Å². The van der Waals surface area contributed by atoms with Crippen LogP contribution in [-0.2, 0) is 4.74 Å². The summed E-state index contributed by atoms with van der Waals surface area (Å²) < 4.78 is 5.30. The molecule has 2 N–H and O–H groups in total. The van der Waals surface area contributed by atoms with Gasteiger partial charge in [-0.25, -0.2) is 4.79 Å². The number of carbonyl (C=O) groups is 1. The molecule has 2 atom stereocenters. The minimum atomic E-state index is -0.415. The molecule has 104 valence electrons. The number of ether oxygens (including phenoxy) is 1. The van der Waals surface area contributed by atoms with Gasteiger partial charge < -0.3 is 15.4 Å². The number of hydrogen-bond donors (Lipinski definition) is 2. The third-order valence-corrected chi connectivity index (χ3v) is 4.19. The minimum Gasteiger partial charge on any atom is -0.444 e. The van der Waals surface area contributed by atoms with E-state index < -0.39 is 5.60 Å². The third-order valence-electron chi connectivity index (χ3n) is 4.19. The van der Waals surface area contributed by atoms with Crippen LogP contribution in [0.4, 0.5) is 4.79 Å². The van der Waals surface area contributed by atoms with Gasteiger partial charge in [-0.3, -0.25) is 0 Å². The first-order valence-corrected chi connectivity index (χ1v) is 7.09. The molecular weight excluding hydrogens is 228 g/mol. The Balaban J connectivity index is 1.86. The van der Waals surface area contributed by atoms with Crippen LogP contribution in [0.15, 0.2) is 0 Å². The molecule has 1 amide bonds. The van der Waals surface area contributed by atoms with E-state index in [1.54, 1.807) is 0 Å². The highest BCUT2D eigenvalue weighted by Gasteiger charge is 2.44. The van der Waals surface area contributed by atoms with Gasteiger partial charge in [0.25, 0.3) is 0 Å². The number of rotatable bonds is 2. The molecule has 2 rings (SSSR count). The van der Waals surface area contributed by atoms with E-state index in [4.69, 9.17) is 4.74 Å². The van der Waals surface area contributed by atoms with E-state index in [9.17, 15) is 4.79 Å². The van der Waals surface area contributed by atoms with Crippen molar-refractivity contribution in [3.8, 4) is 0 Å². The molecule has 1 aliphatic carbocycles. The predicted octanol–water partition coefficient (Wildman–Crippen LogP) is 2.29. The number of alkyl carbamates (subject to hydrolysis) is 1. The van der Waals surface area contributed by atoms with Gasteiger partial charge >= 0.3 is 6.09 Å². The van der Waals surface area contributed by atoms with Crippen LogP contribution in [0.5, 0.6) is 0 Å². The second-order valence-electron chi connectivity index (χ2n) is 6.79. The highest BCUT2D eigenvalue weighted by molar-refractivity contribution is 5.67. The molecule has 1 saturated carbocycles. The van der Waals surface area contributed by atoms with Gasteiger partial charge in [-0.05, 0) is 46.1 Å². The zero-order valence-electron chi connectivity index (χ0n) is 11.8. The molecule has 0 aromatic rings. The molecular formula is C14H26N2O2. The van der Waals surface area contributed by atoms with Gasteiger partial charge in [0.1, 0.15) is 5.60 Å². The molecule has 0 radical (unpaired) electrons. The van der Waals surface area contributed by atoms with Gasteiger partial charge in [0.05, 0.1) is 0 Å². The van der Waals surface area contributed by atoms with E-state index in [-0.39, 0.29) is 11.5 Å². The standard InChI is InChI=1S/C14H26N2O2/c1-13(2,3)18-12(17)16-10-14-7-5-4-6-11(14)8-15-9-14/h11,15H,4-10H2,1-3H3,(H,16,17)/t11-,14-/m1/s1. The van der Waals surface area contributed by atoms with Gasteiger partial charge in [0.15, 0.2) is 0 Å². The maximum absolute atomic E-state index is 11.7. The Kier molecular flexibility index (Phi) is 3.85. The summed E-state index contributed by atoms with van der Waals surface area (Å²) in [6, 6.07) is 0. The topological polar surface area (TPSA) is 50.4 Å². The van der Waals surface area contributed by atoms with Crippen LogP contribution in [0.3, 0.4) is 0 Å². The van der Waals surface area contributed by atoms with Crippen molar-refractivity contribution in [3.05, 3.63) is 0 Å². The fraction of sp³-hybridized carbons (Fsp3) is 0.929. The van der Waals surface area contributed by atoms with Crippen molar-refractivity contribution in [2.75, 3.05) is 19.6 Å². The van der Waals surface area contributed by atoms with Crippen molar-refractivity contribution in [2.24, 2.45) is 11.3 Å². The molecule has 0 aromatic heterocycles. The maximum atomic E-state index is 11.7. The SMILES string of the molecule is CC(C)(C)OC(=O)NC[C@]12CCCC[C@@H]1CNC2. The highest BCUT2D eigenvalue weighted by Crippen LogP contribution is 2.43. The molecule has 0 unspecified atom stereocenters. The van der Waals surface area contributed by atoms with Crippen LogP contribution in [0.25, 0.3) is 0 Å². The Bertz CT molecular complexity index is 311. The summed E-state index contributed by atoms with van der Waals surface area (Å²) in [6.07, 6.45) is 4.85. The van der Waals surface area contributed by atoms with Gasteiger partial charge in [0.2, 0.25) is 0 Å². The Morgan fingerprint density at radius 2 is 2.22 bits per heavy atom. The smallest absolute Gasteiger partial charge is 0.407 e. The average Bonchev–Trinajstić information content (AvgIpc) is 2.68. The number of amides is 1. The zero-order chi connectivity index (χ0) is 13.2. The molecule has 4 nitrogen and oxygen atoms in total. The summed E-state index contributed by atoms with van der Waals surface area (Å²) in [5.41, 5.74) is -0.142. The normalized spacial score (nSPS) is 31.8. The Morgan fingerprint density at radius 3 is 2.94 bits per heavy atom. The lowest BCUT2D eigenvalue weighted by atomic mass is 9.68. The first-order valence-electron chi connectivity index (χ1n) is 7.09. The fourth-order valence-corrected chi connectivity index (χ4v) is 3.28. The van der Waals surface area contributed by atoms with Crippen molar-refractivity contribution in [1.29, 1.82) is 0 Å². The monoisotopic (exact) mass is 254 g/mol. The van der Waals surface area contributed by atoms with Crippen molar-refractivity contribution in [1.82, 2.24) is 10.6 Å². The fourth-order valence-electron chi connectivity index (χ4n) is 3.28. The van der Waals surface area contributed by atoms with E-state index >= 15 is 0 Å². The summed E-state index contributed by atoms with van der Waals surface area (Å²) in [4.78, 5) is 11.7. The van der Waals surface area contributed by atoms with Crippen LogP contribution in [0, 0.1) is 11.3 Å². The van der Waals surface area contributed by atoms with E-state index in [1.165, 1.54) is 25.7 Å². The van der Waals surface area contributed by atoms with Crippen LogP contribution in [0.2, 0.25) is 0 Å². The first kappa shape index (κ1) is 13.7. The van der Waals surface area contributed by atoms with Crippen LogP contribution >= 0.6 is 0 Å². The third kappa shape index (κ3) is 3.16. The zero-order valence-corrected chi connectivity index (χ0v) is 11.8. The second-order valence-corrected chi connectivity index (χ2v) is 6.79. The van der Waals surface area contributed by atoms with E-state index in [1.807, 2.05) is 20.8 Å². The van der Waals surface area contributed by atoms with E-state index in [0.717, 1.165) is 25.6 Å². The van der Waals surface area contributed by atoms with Crippen molar-refractivity contribution >= 4 is 6.09 Å². The molecule has 1 heterocycles. The molecule has 18 heavy (non-hydrogen) atoms. The second kappa shape index (κ2) is 5.08. The van der Waals surface area contributed by atoms with Crippen molar-refractivity contribution < 1.29 is 9.53 Å². The Morgan fingerprint density at radius 1 is 1.44 bits per heavy atom. The summed E-state index contributed by atoms with van der Waals surface area (Å²) in [5, 5.41) is 6.45. The molecule has 1 aliphatic heterocycles. The lowest BCUT2D eigenvalue weighted by Crippen LogP contribution is -2.45. The summed E-state index contributed by atoms with van der Waals surface area (Å²) in [7, 11) is 0. The molecule has 2 fully saturated rings. The van der Waals surface area contributed by atoms with Crippen molar-refractivity contribution in [2.45, 2.75) is 52.1 Å². The summed E-state index contributed by atoms with van der Waals surface area (Å²) >= 11 is 0. The maximum Gasteiger partial charge on any atom is 0.407 e. The summed E-state index contributed by atoms with van der Waals surface area (Å²) in [6.45, 7) is 8.57. The Labute approximate surface area is 110 Å². The largest absolute Gasteiger partial charge is 0.444 e. The molecule has 0 spiro atoms. The lowest BCUT2D eigenvalue weighted by molar-refractivity contribution is 0.0469. The summed E-state index contributed by atoms with van der Waals surface area (Å²) in [5.74, 6) is 0.723. The van der Waals surface area contributed by atoms with E-state index in [2.05, 4.69) is 10.6 Å². The number of carbonyl (C=O) groups excluding carboxylic acids is 1. The van der Waals surface area contributed by atoms with Crippen molar-refractivity contribution in [3.63, 3.8) is 0 Å². The number of nitrogens with one attached hydrogen (secondary N) is 2. The van der Waals surface area contributed by atoms with Gasteiger partial charge in [-0.2, -0.15) is 0 Å². The van der Waals surface area contributed by atoms with Gasteiger partial charge in [-0.1, -0.05) is 12.8 Å². The van der Waals surface area contributed by atoms with Gasteiger partial charge in [0, 0.05) is 18.5 Å². The highest BCUT2D eigenvalue weighted by atomic mass is 16.6. The number of hydrogen-bond acceptors (Lipinski definition) is 3. The number of fused-ring (bicyclic) bond motifs is 1. The molecule has 0 bridgehead atoms. The molecule has 2 aliphatic rings. The predicted molar refractivity (Wildman–Crippen MR) is 71.5 cm³/mol. The quantitative estimate of drug-likeness (QED) is 0.795. The van der Waals surface area contributed by atoms with Crippen LogP contribution in [-0.4, -0.2) is 31.3 Å². The van der Waals surface area contributed by atoms with E-state index in [0.29, 0.717) is 0 Å². The van der Waals surface area contributed by atoms with Crippen LogP contribution < -0.4 is 10.6 Å². The van der Waals surface area contributed by atoms with Gasteiger partial charge in [-0.15, -0.1) is 0 Å². The molecule has 1 saturated heterocycles. The lowest BCUT2D eigenvalue weighted by Gasteiger charge is -2.38. The molecule has 0 aromatic carbocycles. The average molecular weight is 254 g/mol. The Hall–Kier alpha value is -0.770. The first-order chi connectivity index (χ1) is 8.41. The minimum absolute atomic E-state index is 0.273.